The Kier molecular flexibility index (Phi) is 4.40. The van der Waals surface area contributed by atoms with Crippen molar-refractivity contribution in [2.75, 3.05) is 0 Å². The minimum absolute atomic E-state index is 0.00525. The first-order valence-electron chi connectivity index (χ1n) is 7.01. The van der Waals surface area contributed by atoms with E-state index in [0.717, 1.165) is 6.26 Å². The van der Waals surface area contributed by atoms with E-state index in [1.165, 1.54) is 36.4 Å². The number of halogens is 1. The van der Waals surface area contributed by atoms with Gasteiger partial charge in [0.2, 0.25) is 5.78 Å². The summed E-state index contributed by atoms with van der Waals surface area (Å²) in [4.78, 5) is 35.2. The third kappa shape index (κ3) is 3.31. The number of rotatable bonds is 5. The molecular weight excluding hydrogens is 348 g/mol. The minimum atomic E-state index is -0.570. The molecule has 0 aliphatic heterocycles. The summed E-state index contributed by atoms with van der Waals surface area (Å²) >= 11 is 5.79. The van der Waals surface area contributed by atoms with Gasteiger partial charge < -0.3 is 4.52 Å². The second-order valence-corrected chi connectivity index (χ2v) is 5.48. The number of ketones is 2. The summed E-state index contributed by atoms with van der Waals surface area (Å²) in [6, 6.07) is 11.2. The number of hydrogen-bond donors (Lipinski definition) is 0. The normalized spacial score (nSPS) is 10.4. The quantitative estimate of drug-likeness (QED) is 0.392. The van der Waals surface area contributed by atoms with Gasteiger partial charge in [-0.15, -0.1) is 0 Å². The van der Waals surface area contributed by atoms with Crippen molar-refractivity contribution in [3.05, 3.63) is 92.3 Å². The molecule has 0 aliphatic rings. The van der Waals surface area contributed by atoms with Gasteiger partial charge in [0.25, 0.3) is 5.69 Å². The largest absolute Gasteiger partial charge is 0.363 e. The average Bonchev–Trinajstić information content (AvgIpc) is 3.11. The topological polar surface area (TPSA) is 103 Å². The number of carbonyl (C=O) groups is 2. The van der Waals surface area contributed by atoms with Gasteiger partial charge in [0.15, 0.2) is 11.5 Å². The molecule has 1 aromatic heterocycles. The highest BCUT2D eigenvalue weighted by Gasteiger charge is 2.24. The van der Waals surface area contributed by atoms with Crippen LogP contribution in [0.5, 0.6) is 0 Å². The fourth-order valence-electron chi connectivity index (χ4n) is 2.19. The van der Waals surface area contributed by atoms with E-state index in [0.29, 0.717) is 10.6 Å². The van der Waals surface area contributed by atoms with Gasteiger partial charge in [0, 0.05) is 28.3 Å². The molecule has 0 saturated carbocycles. The van der Waals surface area contributed by atoms with Gasteiger partial charge in [0.1, 0.15) is 6.26 Å². The van der Waals surface area contributed by atoms with Crippen LogP contribution in [0.1, 0.15) is 32.0 Å². The number of benzene rings is 2. The molecule has 25 heavy (non-hydrogen) atoms. The van der Waals surface area contributed by atoms with Gasteiger partial charge in [-0.1, -0.05) is 16.8 Å². The fraction of sp³-hybridized carbons (Fsp3) is 0. The highest BCUT2D eigenvalue weighted by atomic mass is 35.5. The van der Waals surface area contributed by atoms with Crippen LogP contribution in [0.15, 0.2) is 59.3 Å². The zero-order chi connectivity index (χ0) is 18.0. The lowest BCUT2D eigenvalue weighted by molar-refractivity contribution is -0.384. The molecule has 1 heterocycles. The van der Waals surface area contributed by atoms with Crippen molar-refractivity contribution in [2.45, 2.75) is 0 Å². The Morgan fingerprint density at radius 2 is 1.52 bits per heavy atom. The zero-order valence-electron chi connectivity index (χ0n) is 12.5. The van der Waals surface area contributed by atoms with Crippen LogP contribution >= 0.6 is 11.6 Å². The fourth-order valence-corrected chi connectivity index (χ4v) is 2.32. The van der Waals surface area contributed by atoms with E-state index < -0.39 is 16.5 Å². The van der Waals surface area contributed by atoms with Crippen LogP contribution in [-0.2, 0) is 0 Å². The number of nitro groups is 1. The van der Waals surface area contributed by atoms with E-state index in [9.17, 15) is 19.7 Å². The molecule has 0 radical (unpaired) electrons. The highest BCUT2D eigenvalue weighted by molar-refractivity contribution is 6.30. The summed E-state index contributed by atoms with van der Waals surface area (Å²) in [5.74, 6) is -1.01. The Hall–Kier alpha value is -3.32. The van der Waals surface area contributed by atoms with Crippen molar-refractivity contribution in [1.82, 2.24) is 5.16 Å². The van der Waals surface area contributed by atoms with Gasteiger partial charge >= 0.3 is 0 Å². The molecule has 0 N–H and O–H groups in total. The second-order valence-electron chi connectivity index (χ2n) is 5.05. The molecular formula is C17H9ClN2O5. The number of nitro benzene ring substituents is 1. The SMILES string of the molecule is O=C(c1ccc(Cl)cc1)c1conc1C(=O)c1ccc([N+](=O)[O-])cc1. The first-order chi connectivity index (χ1) is 12.0. The van der Waals surface area contributed by atoms with E-state index in [1.54, 1.807) is 12.1 Å². The summed E-state index contributed by atoms with van der Waals surface area (Å²) in [6.07, 6.45) is 1.09. The molecule has 0 spiro atoms. The summed E-state index contributed by atoms with van der Waals surface area (Å²) in [5.41, 5.74) is 0.184. The third-order valence-corrected chi connectivity index (χ3v) is 3.73. The van der Waals surface area contributed by atoms with Crippen LogP contribution in [-0.4, -0.2) is 21.6 Å². The zero-order valence-corrected chi connectivity index (χ0v) is 13.3. The van der Waals surface area contributed by atoms with Gasteiger partial charge in [-0.3, -0.25) is 19.7 Å². The predicted molar refractivity (Wildman–Crippen MR) is 87.9 cm³/mol. The van der Waals surface area contributed by atoms with Crippen molar-refractivity contribution in [3.8, 4) is 0 Å². The van der Waals surface area contributed by atoms with Crippen LogP contribution in [0.3, 0.4) is 0 Å². The van der Waals surface area contributed by atoms with Crippen molar-refractivity contribution in [2.24, 2.45) is 0 Å². The Balaban J connectivity index is 1.92. The van der Waals surface area contributed by atoms with Gasteiger partial charge in [-0.05, 0) is 36.4 Å². The smallest absolute Gasteiger partial charge is 0.269 e. The van der Waals surface area contributed by atoms with Crippen LogP contribution in [0.4, 0.5) is 5.69 Å². The van der Waals surface area contributed by atoms with Gasteiger partial charge in [-0.2, -0.15) is 0 Å². The minimum Gasteiger partial charge on any atom is -0.363 e. The first-order valence-corrected chi connectivity index (χ1v) is 7.39. The maximum absolute atomic E-state index is 12.5. The van der Waals surface area contributed by atoms with Crippen LogP contribution < -0.4 is 0 Å². The van der Waals surface area contributed by atoms with E-state index in [1.807, 2.05) is 0 Å². The number of aromatic nitrogens is 1. The van der Waals surface area contributed by atoms with Gasteiger partial charge in [0.05, 0.1) is 10.5 Å². The average molecular weight is 357 g/mol. The molecule has 3 aromatic rings. The molecule has 7 nitrogen and oxygen atoms in total. The molecule has 0 fully saturated rings. The molecule has 0 amide bonds. The summed E-state index contributed by atoms with van der Waals surface area (Å²) in [7, 11) is 0. The highest BCUT2D eigenvalue weighted by Crippen LogP contribution is 2.20. The number of hydrogen-bond acceptors (Lipinski definition) is 6. The van der Waals surface area contributed by atoms with Crippen LogP contribution in [0.2, 0.25) is 5.02 Å². The lowest BCUT2D eigenvalue weighted by atomic mass is 9.99. The van der Waals surface area contributed by atoms with Crippen molar-refractivity contribution in [1.29, 1.82) is 0 Å². The Morgan fingerprint density at radius 1 is 0.960 bits per heavy atom. The number of non-ortho nitro benzene ring substituents is 1. The summed E-state index contributed by atoms with van der Waals surface area (Å²) < 4.78 is 4.79. The Bertz CT molecular complexity index is 961. The molecule has 2 aromatic carbocycles. The molecule has 0 saturated heterocycles. The second kappa shape index (κ2) is 6.66. The molecule has 8 heteroatoms. The molecule has 0 atom stereocenters. The Labute approximate surface area is 146 Å². The maximum Gasteiger partial charge on any atom is 0.269 e. The molecule has 3 rings (SSSR count). The molecule has 0 bridgehead atoms. The monoisotopic (exact) mass is 356 g/mol. The predicted octanol–water partition coefficient (Wildman–Crippen LogP) is 3.70. The lowest BCUT2D eigenvalue weighted by Crippen LogP contribution is -2.10. The maximum atomic E-state index is 12.5. The van der Waals surface area contributed by atoms with E-state index in [-0.39, 0.29) is 22.5 Å². The Morgan fingerprint density at radius 3 is 2.12 bits per heavy atom. The van der Waals surface area contributed by atoms with Gasteiger partial charge in [-0.25, -0.2) is 0 Å². The first kappa shape index (κ1) is 16.5. The van der Waals surface area contributed by atoms with Crippen LogP contribution in [0, 0.1) is 10.1 Å². The van der Waals surface area contributed by atoms with E-state index >= 15 is 0 Å². The number of carbonyl (C=O) groups excluding carboxylic acids is 2. The van der Waals surface area contributed by atoms with Crippen molar-refractivity contribution < 1.29 is 19.0 Å². The number of nitrogens with zero attached hydrogens (tertiary/aromatic N) is 2. The van der Waals surface area contributed by atoms with E-state index in [4.69, 9.17) is 16.1 Å². The standard InChI is InChI=1S/C17H9ClN2O5/c18-12-5-1-10(2-6-12)16(21)14-9-25-19-15(14)17(22)11-3-7-13(8-4-11)20(23)24/h1-9H. The summed E-state index contributed by atoms with van der Waals surface area (Å²) in [5, 5.41) is 14.8. The lowest BCUT2D eigenvalue weighted by Gasteiger charge is -2.02. The summed E-state index contributed by atoms with van der Waals surface area (Å²) in [6.45, 7) is 0. The molecule has 0 aliphatic carbocycles. The molecule has 0 unspecified atom stereocenters. The van der Waals surface area contributed by atoms with E-state index in [2.05, 4.69) is 5.16 Å². The van der Waals surface area contributed by atoms with Crippen LogP contribution in [0.25, 0.3) is 0 Å². The van der Waals surface area contributed by atoms with Crippen molar-refractivity contribution in [3.63, 3.8) is 0 Å². The third-order valence-electron chi connectivity index (χ3n) is 3.48. The molecule has 124 valence electrons. The van der Waals surface area contributed by atoms with Crippen molar-refractivity contribution >= 4 is 28.9 Å².